The predicted molar refractivity (Wildman–Crippen MR) is 92.5 cm³/mol. The van der Waals surface area contributed by atoms with Crippen LogP contribution in [0.5, 0.6) is 5.75 Å². The average molecular weight is 340 g/mol. The first-order valence-electron chi connectivity index (χ1n) is 7.32. The van der Waals surface area contributed by atoms with Crippen LogP contribution in [0.2, 0.25) is 5.15 Å². The number of ether oxygens (including phenoxy) is 1. The zero-order valence-corrected chi connectivity index (χ0v) is 13.9. The van der Waals surface area contributed by atoms with Gasteiger partial charge in [0.25, 0.3) is 0 Å². The van der Waals surface area contributed by atoms with Crippen molar-refractivity contribution in [1.29, 1.82) is 5.26 Å². The summed E-state index contributed by atoms with van der Waals surface area (Å²) >= 11 is 5.98. The van der Waals surface area contributed by atoms with Crippen LogP contribution in [0, 0.1) is 11.3 Å². The van der Waals surface area contributed by atoms with Crippen LogP contribution >= 0.6 is 11.6 Å². The van der Waals surface area contributed by atoms with Crippen LogP contribution in [-0.2, 0) is 0 Å². The van der Waals surface area contributed by atoms with Gasteiger partial charge in [0.2, 0.25) is 0 Å². The quantitative estimate of drug-likeness (QED) is 0.721. The van der Waals surface area contributed by atoms with Crippen LogP contribution in [0.3, 0.4) is 0 Å². The molecule has 0 fully saturated rings. The van der Waals surface area contributed by atoms with Crippen molar-refractivity contribution in [1.82, 2.24) is 15.0 Å². The van der Waals surface area contributed by atoms with Gasteiger partial charge >= 0.3 is 0 Å². The Morgan fingerprint density at radius 3 is 2.79 bits per heavy atom. The molecule has 0 amide bonds. The molecule has 3 aromatic rings. The Labute approximate surface area is 144 Å². The zero-order valence-electron chi connectivity index (χ0n) is 13.1. The number of nitrogens with zero attached hydrogens (tertiary/aromatic N) is 4. The van der Waals surface area contributed by atoms with Gasteiger partial charge in [-0.2, -0.15) is 5.26 Å². The molecule has 7 heteroatoms. The molecule has 0 aliphatic carbocycles. The van der Waals surface area contributed by atoms with Crippen molar-refractivity contribution in [2.45, 2.75) is 20.0 Å². The third-order valence-corrected chi connectivity index (χ3v) is 3.38. The smallest absolute Gasteiger partial charge is 0.160 e. The number of benzene rings is 1. The van der Waals surface area contributed by atoms with Gasteiger partial charge in [0.05, 0.1) is 28.9 Å². The van der Waals surface area contributed by atoms with E-state index in [1.54, 1.807) is 30.3 Å². The molecule has 0 unspecified atom stereocenters. The minimum Gasteiger partial charge on any atom is -0.489 e. The number of pyridine rings is 1. The van der Waals surface area contributed by atoms with Gasteiger partial charge in [0, 0.05) is 6.07 Å². The van der Waals surface area contributed by atoms with E-state index in [1.807, 2.05) is 13.8 Å². The maximum Gasteiger partial charge on any atom is 0.160 e. The molecule has 0 aliphatic rings. The standard InChI is InChI=1S/C17H14ClN5O/c1-10(2)24-14-7-11(8-19)3-4-12(14)22-17-16-13(20-9-21-17)5-6-15(18)23-16/h3-7,9-10H,1-2H3,(H,20,21,22). The van der Waals surface area contributed by atoms with Gasteiger partial charge in [-0.1, -0.05) is 11.6 Å². The van der Waals surface area contributed by atoms with Crippen LogP contribution in [0.25, 0.3) is 11.0 Å². The third-order valence-electron chi connectivity index (χ3n) is 3.17. The highest BCUT2D eigenvalue weighted by Crippen LogP contribution is 2.31. The highest BCUT2D eigenvalue weighted by atomic mass is 35.5. The SMILES string of the molecule is CC(C)Oc1cc(C#N)ccc1Nc1ncnc2ccc(Cl)nc12. The largest absolute Gasteiger partial charge is 0.489 e. The topological polar surface area (TPSA) is 83.7 Å². The Morgan fingerprint density at radius 2 is 2.04 bits per heavy atom. The number of nitriles is 1. The summed E-state index contributed by atoms with van der Waals surface area (Å²) in [7, 11) is 0. The summed E-state index contributed by atoms with van der Waals surface area (Å²) in [6.45, 7) is 3.84. The second kappa shape index (κ2) is 6.69. The molecule has 0 aliphatic heterocycles. The lowest BCUT2D eigenvalue weighted by atomic mass is 10.2. The molecule has 1 N–H and O–H groups in total. The number of hydrogen-bond donors (Lipinski definition) is 1. The van der Waals surface area contributed by atoms with Crippen molar-refractivity contribution in [3.63, 3.8) is 0 Å². The molecule has 0 saturated carbocycles. The van der Waals surface area contributed by atoms with Crippen LogP contribution in [-0.4, -0.2) is 21.1 Å². The van der Waals surface area contributed by atoms with E-state index in [1.165, 1.54) is 6.33 Å². The fourth-order valence-electron chi connectivity index (χ4n) is 2.18. The zero-order chi connectivity index (χ0) is 17.1. The van der Waals surface area contributed by atoms with Gasteiger partial charge in [-0.3, -0.25) is 0 Å². The van der Waals surface area contributed by atoms with Crippen molar-refractivity contribution < 1.29 is 4.74 Å². The number of nitrogens with one attached hydrogen (secondary N) is 1. The second-order valence-corrected chi connectivity index (χ2v) is 5.73. The van der Waals surface area contributed by atoms with Gasteiger partial charge in [0.15, 0.2) is 5.82 Å². The highest BCUT2D eigenvalue weighted by Gasteiger charge is 2.11. The Hall–Kier alpha value is -2.91. The third kappa shape index (κ3) is 3.36. The number of hydrogen-bond acceptors (Lipinski definition) is 6. The van der Waals surface area contributed by atoms with Crippen LogP contribution in [0.4, 0.5) is 11.5 Å². The molecular weight excluding hydrogens is 326 g/mol. The summed E-state index contributed by atoms with van der Waals surface area (Å²) in [4.78, 5) is 12.7. The number of aromatic nitrogens is 3. The number of anilines is 2. The van der Waals surface area contributed by atoms with Crippen LogP contribution < -0.4 is 10.1 Å². The second-order valence-electron chi connectivity index (χ2n) is 5.34. The summed E-state index contributed by atoms with van der Waals surface area (Å²) < 4.78 is 5.79. The number of halogens is 1. The molecule has 0 bridgehead atoms. The molecule has 0 radical (unpaired) electrons. The average Bonchev–Trinajstić information content (AvgIpc) is 2.56. The lowest BCUT2D eigenvalue weighted by molar-refractivity contribution is 0.243. The molecule has 2 heterocycles. The summed E-state index contributed by atoms with van der Waals surface area (Å²) in [6.07, 6.45) is 1.42. The minimum absolute atomic E-state index is 0.0331. The van der Waals surface area contributed by atoms with Crippen LogP contribution in [0.1, 0.15) is 19.4 Å². The van der Waals surface area contributed by atoms with Crippen molar-refractivity contribution >= 4 is 34.1 Å². The maximum atomic E-state index is 9.08. The van der Waals surface area contributed by atoms with E-state index in [-0.39, 0.29) is 6.10 Å². The molecule has 3 rings (SSSR count). The molecular formula is C17H14ClN5O. The van der Waals surface area contributed by atoms with E-state index < -0.39 is 0 Å². The first-order chi connectivity index (χ1) is 11.6. The predicted octanol–water partition coefficient (Wildman–Crippen LogP) is 4.08. The van der Waals surface area contributed by atoms with E-state index in [4.69, 9.17) is 21.6 Å². The molecule has 6 nitrogen and oxygen atoms in total. The molecule has 2 aromatic heterocycles. The van der Waals surface area contributed by atoms with Crippen molar-refractivity contribution in [3.8, 4) is 11.8 Å². The first-order valence-corrected chi connectivity index (χ1v) is 7.69. The van der Waals surface area contributed by atoms with Crippen LogP contribution in [0.15, 0.2) is 36.7 Å². The van der Waals surface area contributed by atoms with Gasteiger partial charge in [-0.25, -0.2) is 15.0 Å². The Kier molecular flexibility index (Phi) is 4.45. The van der Waals surface area contributed by atoms with Crippen molar-refractivity contribution in [2.75, 3.05) is 5.32 Å². The van der Waals surface area contributed by atoms with Gasteiger partial charge in [0.1, 0.15) is 22.7 Å². The summed E-state index contributed by atoms with van der Waals surface area (Å²) in [5, 5.41) is 12.6. The van der Waals surface area contributed by atoms with E-state index in [0.717, 1.165) is 0 Å². The van der Waals surface area contributed by atoms with Gasteiger partial charge < -0.3 is 10.1 Å². The molecule has 120 valence electrons. The van der Waals surface area contributed by atoms with E-state index in [9.17, 15) is 0 Å². The molecule has 0 saturated heterocycles. The summed E-state index contributed by atoms with van der Waals surface area (Å²) in [5.74, 6) is 1.08. The first kappa shape index (κ1) is 16.0. The lowest BCUT2D eigenvalue weighted by Gasteiger charge is -2.16. The van der Waals surface area contributed by atoms with Gasteiger partial charge in [-0.05, 0) is 38.1 Å². The fraction of sp³-hybridized carbons (Fsp3) is 0.176. The molecule has 1 aromatic carbocycles. The lowest BCUT2D eigenvalue weighted by Crippen LogP contribution is -2.08. The van der Waals surface area contributed by atoms with Crippen molar-refractivity contribution in [2.24, 2.45) is 0 Å². The highest BCUT2D eigenvalue weighted by molar-refractivity contribution is 6.29. The van der Waals surface area contributed by atoms with Gasteiger partial charge in [-0.15, -0.1) is 0 Å². The van der Waals surface area contributed by atoms with Crippen molar-refractivity contribution in [3.05, 3.63) is 47.4 Å². The number of fused-ring (bicyclic) bond motifs is 1. The normalized spacial score (nSPS) is 10.6. The van der Waals surface area contributed by atoms with E-state index >= 15 is 0 Å². The monoisotopic (exact) mass is 339 g/mol. The Bertz CT molecular complexity index is 936. The minimum atomic E-state index is -0.0331. The maximum absolute atomic E-state index is 9.08. The fourth-order valence-corrected chi connectivity index (χ4v) is 2.33. The molecule has 0 atom stereocenters. The molecule has 0 spiro atoms. The Balaban J connectivity index is 2.05. The number of rotatable bonds is 4. The van der Waals surface area contributed by atoms with E-state index in [0.29, 0.717) is 39.0 Å². The molecule has 24 heavy (non-hydrogen) atoms. The Morgan fingerprint density at radius 1 is 1.21 bits per heavy atom. The van der Waals surface area contributed by atoms with E-state index in [2.05, 4.69) is 26.3 Å². The summed E-state index contributed by atoms with van der Waals surface area (Å²) in [5.41, 5.74) is 2.44. The summed E-state index contributed by atoms with van der Waals surface area (Å²) in [6, 6.07) is 10.7.